The number of carbonyl (C=O) groups is 1. The van der Waals surface area contributed by atoms with Crippen molar-refractivity contribution in [2.24, 2.45) is 5.73 Å². The lowest BCUT2D eigenvalue weighted by Crippen LogP contribution is -2.38. The Bertz CT molecular complexity index is 613. The van der Waals surface area contributed by atoms with Gasteiger partial charge in [0.25, 0.3) is 5.91 Å². The van der Waals surface area contributed by atoms with Gasteiger partial charge in [-0.1, -0.05) is 0 Å². The molecule has 0 saturated carbocycles. The van der Waals surface area contributed by atoms with Gasteiger partial charge in [-0.05, 0) is 24.8 Å². The molecule has 23 heavy (non-hydrogen) atoms. The molecule has 1 saturated heterocycles. The molecule has 6 nitrogen and oxygen atoms in total. The fourth-order valence-electron chi connectivity index (χ4n) is 2.09. The van der Waals surface area contributed by atoms with Gasteiger partial charge in [0.05, 0.1) is 0 Å². The zero-order valence-corrected chi connectivity index (χ0v) is 16.1. The van der Waals surface area contributed by atoms with Crippen LogP contribution in [0.25, 0.3) is 0 Å². The van der Waals surface area contributed by atoms with Crippen LogP contribution in [0.5, 0.6) is 0 Å². The van der Waals surface area contributed by atoms with Gasteiger partial charge in [0.2, 0.25) is 10.0 Å². The molecule has 0 radical (unpaired) electrons. The molecule has 1 aliphatic heterocycles. The summed E-state index contributed by atoms with van der Waals surface area (Å²) in [7, 11) is -3.59. The van der Waals surface area contributed by atoms with E-state index in [2.05, 4.69) is 5.32 Å². The predicted octanol–water partition coefficient (Wildman–Crippen LogP) is 1.37. The number of rotatable bonds is 6. The molecule has 132 valence electrons. The van der Waals surface area contributed by atoms with Crippen LogP contribution in [0.2, 0.25) is 0 Å². The molecule has 0 aliphatic carbocycles. The van der Waals surface area contributed by atoms with E-state index in [0.29, 0.717) is 26.1 Å². The second kappa shape index (κ2) is 9.24. The van der Waals surface area contributed by atoms with E-state index in [0.717, 1.165) is 22.8 Å². The number of sulfonamides is 1. The number of halogens is 1. The van der Waals surface area contributed by atoms with Crippen molar-refractivity contribution in [1.82, 2.24) is 9.62 Å². The first-order valence-corrected chi connectivity index (χ1v) is 10.6. The maximum absolute atomic E-state index is 12.7. The van der Waals surface area contributed by atoms with Gasteiger partial charge >= 0.3 is 0 Å². The number of thioether (sulfide) groups is 1. The highest BCUT2D eigenvalue weighted by atomic mass is 35.5. The van der Waals surface area contributed by atoms with Gasteiger partial charge in [0, 0.05) is 37.2 Å². The first-order chi connectivity index (χ1) is 10.4. The van der Waals surface area contributed by atoms with Crippen molar-refractivity contribution in [3.05, 3.63) is 16.3 Å². The normalized spacial score (nSPS) is 17.3. The van der Waals surface area contributed by atoms with Crippen LogP contribution in [0.4, 0.5) is 0 Å². The molecular formula is C13H22ClN3O3S3. The highest BCUT2D eigenvalue weighted by Gasteiger charge is 2.30. The van der Waals surface area contributed by atoms with Crippen LogP contribution in [0, 0.1) is 0 Å². The highest BCUT2D eigenvalue weighted by Crippen LogP contribution is 2.27. The zero-order valence-electron chi connectivity index (χ0n) is 12.9. The maximum atomic E-state index is 12.7. The molecule has 1 aromatic rings. The van der Waals surface area contributed by atoms with Crippen molar-refractivity contribution < 1.29 is 13.2 Å². The van der Waals surface area contributed by atoms with Crippen molar-refractivity contribution in [3.63, 3.8) is 0 Å². The van der Waals surface area contributed by atoms with Crippen LogP contribution >= 0.6 is 35.5 Å². The summed E-state index contributed by atoms with van der Waals surface area (Å²) in [6.07, 6.45) is 0.655. The summed E-state index contributed by atoms with van der Waals surface area (Å²) < 4.78 is 26.8. The van der Waals surface area contributed by atoms with E-state index in [9.17, 15) is 13.2 Å². The van der Waals surface area contributed by atoms with Crippen molar-refractivity contribution in [1.29, 1.82) is 0 Å². The van der Waals surface area contributed by atoms with Gasteiger partial charge in [0.1, 0.15) is 9.77 Å². The number of hydrogen-bond acceptors (Lipinski definition) is 6. The monoisotopic (exact) mass is 399 g/mol. The van der Waals surface area contributed by atoms with Gasteiger partial charge in [-0.3, -0.25) is 4.79 Å². The Kier molecular flexibility index (Phi) is 8.32. The molecule has 10 heteroatoms. The second-order valence-corrected chi connectivity index (χ2v) is 9.20. The Morgan fingerprint density at radius 1 is 1.43 bits per heavy atom. The maximum Gasteiger partial charge on any atom is 0.262 e. The minimum Gasteiger partial charge on any atom is -0.351 e. The highest BCUT2D eigenvalue weighted by molar-refractivity contribution is 7.99. The smallest absolute Gasteiger partial charge is 0.262 e. The van der Waals surface area contributed by atoms with Crippen molar-refractivity contribution in [2.75, 3.05) is 31.1 Å². The molecule has 2 heterocycles. The largest absolute Gasteiger partial charge is 0.351 e. The molecule has 3 N–H and O–H groups in total. The molecule has 2 rings (SSSR count). The van der Waals surface area contributed by atoms with E-state index >= 15 is 0 Å². The third-order valence-corrected chi connectivity index (χ3v) is 7.23. The number of nitrogens with two attached hydrogens (primary N) is 1. The summed E-state index contributed by atoms with van der Waals surface area (Å²) in [6.45, 7) is 3.29. The molecule has 1 atom stereocenters. The lowest BCUT2D eigenvalue weighted by Gasteiger charge is -2.25. The van der Waals surface area contributed by atoms with E-state index in [1.807, 2.05) is 6.92 Å². The Morgan fingerprint density at radius 3 is 2.70 bits per heavy atom. The Labute approximate surface area is 151 Å². The molecule has 0 aromatic carbocycles. The minimum absolute atomic E-state index is 0. The van der Waals surface area contributed by atoms with Crippen LogP contribution in [-0.2, 0) is 10.0 Å². The molecule has 1 aliphatic rings. The molecule has 1 unspecified atom stereocenters. The molecule has 0 bridgehead atoms. The summed E-state index contributed by atoms with van der Waals surface area (Å²) in [5.41, 5.74) is 5.64. The molecule has 1 fully saturated rings. The third-order valence-electron chi connectivity index (χ3n) is 3.31. The van der Waals surface area contributed by atoms with Gasteiger partial charge in [0.15, 0.2) is 0 Å². The fraction of sp³-hybridized carbons (Fsp3) is 0.615. The quantitative estimate of drug-likeness (QED) is 0.753. The number of nitrogens with zero attached hydrogens (tertiary/aromatic N) is 1. The van der Waals surface area contributed by atoms with Gasteiger partial charge in [-0.25, -0.2) is 8.42 Å². The third kappa shape index (κ3) is 5.33. The molecule has 1 aromatic heterocycles. The lowest BCUT2D eigenvalue weighted by atomic mass is 10.2. The standard InChI is InChI=1S/C13H21N3O3S3.ClH/c1-10(14)2-4-15-13(17)12-11(3-7-21-12)22(18,19)16-5-8-20-9-6-16;/h3,7,10H,2,4-6,8-9,14H2,1H3,(H,15,17);1H. The zero-order chi connectivity index (χ0) is 16.2. The summed E-state index contributed by atoms with van der Waals surface area (Å²) >= 11 is 2.89. The first-order valence-electron chi connectivity index (χ1n) is 7.12. The van der Waals surface area contributed by atoms with Crippen molar-refractivity contribution in [2.45, 2.75) is 24.3 Å². The minimum atomic E-state index is -3.59. The Hall–Kier alpha value is -0.320. The Morgan fingerprint density at radius 2 is 2.09 bits per heavy atom. The first kappa shape index (κ1) is 20.7. The van der Waals surface area contributed by atoms with E-state index < -0.39 is 10.0 Å². The number of nitrogens with one attached hydrogen (secondary N) is 1. The molecule has 1 amide bonds. The number of thiophene rings is 1. The number of hydrogen-bond donors (Lipinski definition) is 2. The summed E-state index contributed by atoms with van der Waals surface area (Å²) in [4.78, 5) is 12.6. The van der Waals surface area contributed by atoms with Crippen LogP contribution in [0.1, 0.15) is 23.0 Å². The lowest BCUT2D eigenvalue weighted by molar-refractivity contribution is 0.0953. The van der Waals surface area contributed by atoms with Crippen LogP contribution < -0.4 is 11.1 Å². The fourth-order valence-corrected chi connectivity index (χ4v) is 5.98. The second-order valence-electron chi connectivity index (χ2n) is 5.15. The van der Waals surface area contributed by atoms with E-state index in [-0.39, 0.29) is 34.1 Å². The molecular weight excluding hydrogens is 378 g/mol. The van der Waals surface area contributed by atoms with Crippen molar-refractivity contribution >= 4 is 51.4 Å². The average Bonchev–Trinajstić information content (AvgIpc) is 2.98. The predicted molar refractivity (Wildman–Crippen MR) is 98.3 cm³/mol. The van der Waals surface area contributed by atoms with Crippen LogP contribution in [-0.4, -0.2) is 55.8 Å². The number of amides is 1. The van der Waals surface area contributed by atoms with E-state index in [4.69, 9.17) is 5.73 Å². The SMILES string of the molecule is CC(N)CCNC(=O)c1sccc1S(=O)(=O)N1CCSCC1.Cl. The number of carbonyl (C=O) groups excluding carboxylic acids is 1. The Balaban J connectivity index is 0.00000264. The average molecular weight is 400 g/mol. The summed E-state index contributed by atoms with van der Waals surface area (Å²) in [5, 5.41) is 4.38. The van der Waals surface area contributed by atoms with Gasteiger partial charge in [-0.15, -0.1) is 23.7 Å². The molecule has 0 spiro atoms. The van der Waals surface area contributed by atoms with E-state index in [1.54, 1.807) is 17.1 Å². The summed E-state index contributed by atoms with van der Waals surface area (Å²) in [6, 6.07) is 1.51. The van der Waals surface area contributed by atoms with Crippen LogP contribution in [0.15, 0.2) is 16.3 Å². The van der Waals surface area contributed by atoms with E-state index in [1.165, 1.54) is 10.4 Å². The van der Waals surface area contributed by atoms with Gasteiger partial charge in [-0.2, -0.15) is 16.1 Å². The van der Waals surface area contributed by atoms with Gasteiger partial charge < -0.3 is 11.1 Å². The van der Waals surface area contributed by atoms with Crippen LogP contribution in [0.3, 0.4) is 0 Å². The topological polar surface area (TPSA) is 92.5 Å². The van der Waals surface area contributed by atoms with Crippen molar-refractivity contribution in [3.8, 4) is 0 Å². The summed E-state index contributed by atoms with van der Waals surface area (Å²) in [5.74, 6) is 1.24.